The molecule has 2 atom stereocenters. The summed E-state index contributed by atoms with van der Waals surface area (Å²) in [6.45, 7) is 9.06. The van der Waals surface area contributed by atoms with Crippen molar-refractivity contribution in [2.45, 2.75) is 45.7 Å². The molecule has 1 aliphatic rings. The van der Waals surface area contributed by atoms with E-state index in [1.165, 1.54) is 35.7 Å². The van der Waals surface area contributed by atoms with Crippen LogP contribution in [0.1, 0.15) is 42.5 Å². The van der Waals surface area contributed by atoms with Crippen molar-refractivity contribution in [3.05, 3.63) is 21.9 Å². The van der Waals surface area contributed by atoms with E-state index >= 15 is 0 Å². The lowest BCUT2D eigenvalue weighted by Gasteiger charge is -2.37. The molecule has 1 saturated heterocycles. The number of thiophene rings is 1. The van der Waals surface area contributed by atoms with Gasteiger partial charge in [-0.25, -0.2) is 0 Å². The fourth-order valence-electron chi connectivity index (χ4n) is 2.69. The molecule has 0 radical (unpaired) electrons. The zero-order valence-corrected chi connectivity index (χ0v) is 12.0. The van der Waals surface area contributed by atoms with E-state index in [1.807, 2.05) is 11.3 Å². The number of likely N-dealkylation sites (tertiary alicyclic amines) is 1. The van der Waals surface area contributed by atoms with Gasteiger partial charge in [0.15, 0.2) is 0 Å². The van der Waals surface area contributed by atoms with Crippen molar-refractivity contribution in [3.63, 3.8) is 0 Å². The van der Waals surface area contributed by atoms with Gasteiger partial charge >= 0.3 is 0 Å². The van der Waals surface area contributed by atoms with E-state index in [-0.39, 0.29) is 0 Å². The highest BCUT2D eigenvalue weighted by molar-refractivity contribution is 7.12. The Morgan fingerprint density at radius 3 is 2.41 bits per heavy atom. The van der Waals surface area contributed by atoms with Crippen LogP contribution >= 0.6 is 11.3 Å². The van der Waals surface area contributed by atoms with Crippen LogP contribution in [0, 0.1) is 12.8 Å². The Bertz CT molecular complexity index is 351. The van der Waals surface area contributed by atoms with Crippen molar-refractivity contribution in [3.8, 4) is 0 Å². The fraction of sp³-hybridized carbons (Fsp3) is 0.714. The Labute approximate surface area is 109 Å². The van der Waals surface area contributed by atoms with E-state index in [0.717, 1.165) is 5.92 Å². The second kappa shape index (κ2) is 5.51. The monoisotopic (exact) mass is 252 g/mol. The predicted octanol–water partition coefficient (Wildman–Crippen LogP) is 3.18. The number of piperidine rings is 1. The Kier molecular flexibility index (Phi) is 4.23. The number of nitrogens with two attached hydrogens (primary N) is 1. The average molecular weight is 252 g/mol. The highest BCUT2D eigenvalue weighted by Gasteiger charge is 2.25. The molecule has 96 valence electrons. The quantitative estimate of drug-likeness (QED) is 0.895. The van der Waals surface area contributed by atoms with E-state index < -0.39 is 0 Å². The fourth-order valence-corrected chi connectivity index (χ4v) is 3.65. The molecule has 1 aliphatic heterocycles. The number of aryl methyl sites for hydroxylation is 1. The summed E-state index contributed by atoms with van der Waals surface area (Å²) < 4.78 is 0. The minimum Gasteiger partial charge on any atom is -0.328 e. The standard InChI is InChI=1S/C14H24N2S/c1-10-4-5-14(17-10)12(3)16-8-6-13(7-9-16)11(2)15/h4-5,11-13H,6-9,15H2,1-3H3. The number of rotatable bonds is 3. The first kappa shape index (κ1) is 13.1. The molecule has 1 fully saturated rings. The predicted molar refractivity (Wildman–Crippen MR) is 75.4 cm³/mol. The molecular formula is C14H24N2S. The normalized spacial score (nSPS) is 22.6. The zero-order chi connectivity index (χ0) is 12.4. The van der Waals surface area contributed by atoms with E-state index in [9.17, 15) is 0 Å². The molecule has 17 heavy (non-hydrogen) atoms. The summed E-state index contributed by atoms with van der Waals surface area (Å²) in [4.78, 5) is 5.52. The first-order valence-corrected chi connectivity index (χ1v) is 7.45. The summed E-state index contributed by atoms with van der Waals surface area (Å²) in [5.74, 6) is 0.725. The molecule has 2 nitrogen and oxygen atoms in total. The third-order valence-corrected chi connectivity index (χ3v) is 5.21. The van der Waals surface area contributed by atoms with Crippen LogP contribution in [-0.4, -0.2) is 24.0 Å². The van der Waals surface area contributed by atoms with Crippen LogP contribution < -0.4 is 5.73 Å². The topological polar surface area (TPSA) is 29.3 Å². The summed E-state index contributed by atoms with van der Waals surface area (Å²) in [5.41, 5.74) is 5.99. The molecule has 2 unspecified atom stereocenters. The summed E-state index contributed by atoms with van der Waals surface area (Å²) in [7, 11) is 0. The smallest absolute Gasteiger partial charge is 0.0413 e. The van der Waals surface area contributed by atoms with E-state index in [2.05, 4.69) is 37.8 Å². The Morgan fingerprint density at radius 1 is 1.29 bits per heavy atom. The van der Waals surface area contributed by atoms with Crippen LogP contribution in [0.4, 0.5) is 0 Å². The molecule has 2 N–H and O–H groups in total. The molecule has 0 aromatic carbocycles. The van der Waals surface area contributed by atoms with Crippen molar-refractivity contribution in [1.29, 1.82) is 0 Å². The van der Waals surface area contributed by atoms with Crippen molar-refractivity contribution in [1.82, 2.24) is 4.90 Å². The second-order valence-corrected chi connectivity index (χ2v) is 6.68. The number of hydrogen-bond acceptors (Lipinski definition) is 3. The summed E-state index contributed by atoms with van der Waals surface area (Å²) in [6.07, 6.45) is 2.51. The minimum absolute atomic E-state index is 0.358. The van der Waals surface area contributed by atoms with Gasteiger partial charge in [-0.1, -0.05) is 0 Å². The van der Waals surface area contributed by atoms with Crippen LogP contribution in [0.25, 0.3) is 0 Å². The minimum atomic E-state index is 0.358. The highest BCUT2D eigenvalue weighted by Crippen LogP contribution is 2.31. The maximum absolute atomic E-state index is 5.99. The summed E-state index contributed by atoms with van der Waals surface area (Å²) >= 11 is 1.93. The van der Waals surface area contributed by atoms with Gasteiger partial charge in [0.25, 0.3) is 0 Å². The third kappa shape index (κ3) is 3.09. The molecule has 3 heteroatoms. The first-order chi connectivity index (χ1) is 8.08. The van der Waals surface area contributed by atoms with E-state index in [1.54, 1.807) is 0 Å². The van der Waals surface area contributed by atoms with Crippen molar-refractivity contribution in [2.75, 3.05) is 13.1 Å². The second-order valence-electron chi connectivity index (χ2n) is 5.36. The molecule has 0 bridgehead atoms. The van der Waals surface area contributed by atoms with E-state index in [4.69, 9.17) is 5.73 Å². The van der Waals surface area contributed by atoms with Gasteiger partial charge in [-0.05, 0) is 64.8 Å². The van der Waals surface area contributed by atoms with Gasteiger partial charge in [-0.15, -0.1) is 11.3 Å². The van der Waals surface area contributed by atoms with Crippen LogP contribution in [0.2, 0.25) is 0 Å². The number of nitrogens with zero attached hydrogens (tertiary/aromatic N) is 1. The Hall–Kier alpha value is -0.380. The molecule has 2 rings (SSSR count). The van der Waals surface area contributed by atoms with Gasteiger partial charge in [-0.2, -0.15) is 0 Å². The molecule has 0 spiro atoms. The van der Waals surface area contributed by atoms with Crippen LogP contribution in [0.15, 0.2) is 12.1 Å². The Morgan fingerprint density at radius 2 is 1.94 bits per heavy atom. The third-order valence-electron chi connectivity index (χ3n) is 4.04. The van der Waals surface area contributed by atoms with Gasteiger partial charge in [0.05, 0.1) is 0 Å². The van der Waals surface area contributed by atoms with Gasteiger partial charge in [0.1, 0.15) is 0 Å². The van der Waals surface area contributed by atoms with Gasteiger partial charge in [0.2, 0.25) is 0 Å². The van der Waals surface area contributed by atoms with Crippen LogP contribution in [-0.2, 0) is 0 Å². The molecule has 0 amide bonds. The molecule has 1 aromatic rings. The average Bonchev–Trinajstić information content (AvgIpc) is 2.75. The zero-order valence-electron chi connectivity index (χ0n) is 11.1. The largest absolute Gasteiger partial charge is 0.328 e. The Balaban J connectivity index is 1.92. The van der Waals surface area contributed by atoms with Crippen LogP contribution in [0.5, 0.6) is 0 Å². The highest BCUT2D eigenvalue weighted by atomic mass is 32.1. The lowest BCUT2D eigenvalue weighted by atomic mass is 9.90. The van der Waals surface area contributed by atoms with Crippen LogP contribution in [0.3, 0.4) is 0 Å². The van der Waals surface area contributed by atoms with Crippen molar-refractivity contribution in [2.24, 2.45) is 11.7 Å². The molecular weight excluding hydrogens is 228 g/mol. The maximum Gasteiger partial charge on any atom is 0.0413 e. The summed E-state index contributed by atoms with van der Waals surface area (Å²) in [6, 6.07) is 5.44. The van der Waals surface area contributed by atoms with Gasteiger partial charge < -0.3 is 5.73 Å². The van der Waals surface area contributed by atoms with Gasteiger partial charge in [-0.3, -0.25) is 4.90 Å². The SMILES string of the molecule is Cc1ccc(C(C)N2CCC(C(C)N)CC2)s1. The molecule has 1 aromatic heterocycles. The summed E-state index contributed by atoms with van der Waals surface area (Å²) in [5, 5.41) is 0. The van der Waals surface area contributed by atoms with E-state index in [0.29, 0.717) is 12.1 Å². The molecule has 0 aliphatic carbocycles. The van der Waals surface area contributed by atoms with Crippen molar-refractivity contribution < 1.29 is 0 Å². The van der Waals surface area contributed by atoms with Gasteiger partial charge in [0, 0.05) is 21.8 Å². The lowest BCUT2D eigenvalue weighted by molar-refractivity contribution is 0.134. The molecule has 2 heterocycles. The molecule has 0 saturated carbocycles. The maximum atomic E-state index is 5.99. The lowest BCUT2D eigenvalue weighted by Crippen LogP contribution is -2.40. The number of hydrogen-bond donors (Lipinski definition) is 1. The van der Waals surface area contributed by atoms with Crippen molar-refractivity contribution >= 4 is 11.3 Å². The first-order valence-electron chi connectivity index (χ1n) is 6.64.